The van der Waals surface area contributed by atoms with Gasteiger partial charge >= 0.3 is 11.7 Å². The number of ether oxygens (including phenoxy) is 1. The molecule has 0 saturated heterocycles. The Bertz CT molecular complexity index is 360. The zero-order chi connectivity index (χ0) is 9.14. The number of hydrogen-bond acceptors (Lipinski definition) is 4. The van der Waals surface area contributed by atoms with E-state index >= 15 is 0 Å². The number of hydrogen-bond donors (Lipinski definition) is 1. The molecule has 0 saturated carbocycles. The van der Waals surface area contributed by atoms with Crippen molar-refractivity contribution in [3.63, 3.8) is 0 Å². The van der Waals surface area contributed by atoms with Crippen molar-refractivity contribution in [1.82, 2.24) is 9.97 Å². The molecular formula is C6H5ClN2O3. The van der Waals surface area contributed by atoms with Gasteiger partial charge in [-0.2, -0.15) is 4.98 Å². The largest absolute Gasteiger partial charge is 0.464 e. The summed E-state index contributed by atoms with van der Waals surface area (Å²) in [4.78, 5) is 27.0. The smallest absolute Gasteiger partial charge is 0.356 e. The average Bonchev–Trinajstić information content (AvgIpc) is 2.01. The minimum absolute atomic E-state index is 0.0513. The van der Waals surface area contributed by atoms with Gasteiger partial charge in [-0.15, -0.1) is 0 Å². The number of nitrogens with zero attached hydrogens (tertiary/aromatic N) is 1. The van der Waals surface area contributed by atoms with Gasteiger partial charge < -0.3 is 4.74 Å². The first-order valence-electron chi connectivity index (χ1n) is 2.98. The van der Waals surface area contributed by atoms with E-state index in [1.165, 1.54) is 13.2 Å². The Morgan fingerprint density at radius 1 is 1.75 bits per heavy atom. The van der Waals surface area contributed by atoms with Crippen LogP contribution >= 0.6 is 11.6 Å². The van der Waals surface area contributed by atoms with Crippen LogP contribution < -0.4 is 5.69 Å². The van der Waals surface area contributed by atoms with Crippen LogP contribution in [0.25, 0.3) is 0 Å². The van der Waals surface area contributed by atoms with Crippen molar-refractivity contribution < 1.29 is 9.53 Å². The molecule has 6 heteroatoms. The summed E-state index contributed by atoms with van der Waals surface area (Å²) in [5.74, 6) is -0.692. The molecule has 0 aliphatic carbocycles. The maximum atomic E-state index is 10.8. The van der Waals surface area contributed by atoms with Crippen molar-refractivity contribution in [2.45, 2.75) is 0 Å². The third-order valence-electron chi connectivity index (χ3n) is 1.11. The monoisotopic (exact) mass is 188 g/mol. The number of aromatic amines is 1. The number of esters is 1. The van der Waals surface area contributed by atoms with Crippen LogP contribution in [0.1, 0.15) is 10.5 Å². The van der Waals surface area contributed by atoms with Gasteiger partial charge in [-0.05, 0) is 0 Å². The molecule has 0 radical (unpaired) electrons. The highest BCUT2D eigenvalue weighted by atomic mass is 35.5. The quantitative estimate of drug-likeness (QED) is 0.505. The van der Waals surface area contributed by atoms with E-state index in [4.69, 9.17) is 11.6 Å². The van der Waals surface area contributed by atoms with Crippen molar-refractivity contribution in [3.8, 4) is 0 Å². The number of halogens is 1. The first-order valence-corrected chi connectivity index (χ1v) is 3.36. The van der Waals surface area contributed by atoms with Crippen molar-refractivity contribution in [2.24, 2.45) is 0 Å². The minimum Gasteiger partial charge on any atom is -0.464 e. The lowest BCUT2D eigenvalue weighted by Gasteiger charge is -1.96. The molecule has 1 heterocycles. The molecule has 12 heavy (non-hydrogen) atoms. The molecule has 1 N–H and O–H groups in total. The Labute approximate surface area is 72.3 Å². The summed E-state index contributed by atoms with van der Waals surface area (Å²) < 4.78 is 4.33. The number of H-pyrrole nitrogens is 1. The van der Waals surface area contributed by atoms with Gasteiger partial charge in [-0.1, -0.05) is 11.6 Å². The highest BCUT2D eigenvalue weighted by Gasteiger charge is 2.08. The van der Waals surface area contributed by atoms with E-state index in [0.717, 1.165) is 0 Å². The lowest BCUT2D eigenvalue weighted by Crippen LogP contribution is -2.16. The average molecular weight is 189 g/mol. The lowest BCUT2D eigenvalue weighted by molar-refractivity contribution is 0.0593. The molecule has 1 aromatic rings. The van der Waals surface area contributed by atoms with Gasteiger partial charge in [0.25, 0.3) is 0 Å². The van der Waals surface area contributed by atoms with Crippen molar-refractivity contribution >= 4 is 17.6 Å². The van der Waals surface area contributed by atoms with Gasteiger partial charge in [-0.3, -0.25) is 4.98 Å². The van der Waals surface area contributed by atoms with Crippen LogP contribution in [0, 0.1) is 0 Å². The Kier molecular flexibility index (Phi) is 2.44. The predicted octanol–water partition coefficient (Wildman–Crippen LogP) is 0.210. The number of carbonyl (C=O) groups excluding carboxylic acids is 1. The van der Waals surface area contributed by atoms with E-state index in [9.17, 15) is 9.59 Å². The van der Waals surface area contributed by atoms with Crippen LogP contribution in [0.5, 0.6) is 0 Å². The molecule has 1 aromatic heterocycles. The third-order valence-corrected chi connectivity index (χ3v) is 1.31. The molecule has 0 amide bonds. The predicted molar refractivity (Wildman–Crippen MR) is 41.2 cm³/mol. The molecule has 0 aliphatic heterocycles. The van der Waals surface area contributed by atoms with Gasteiger partial charge in [0.1, 0.15) is 5.15 Å². The molecule has 0 fully saturated rings. The van der Waals surface area contributed by atoms with Crippen LogP contribution in [0.4, 0.5) is 0 Å². The number of aromatic nitrogens is 2. The summed E-state index contributed by atoms with van der Waals surface area (Å²) in [5, 5.41) is 0.0513. The van der Waals surface area contributed by atoms with Gasteiger partial charge in [0.15, 0.2) is 5.69 Å². The summed E-state index contributed by atoms with van der Waals surface area (Å²) in [5.41, 5.74) is -0.783. The second-order valence-corrected chi connectivity index (χ2v) is 2.32. The fourth-order valence-corrected chi connectivity index (χ4v) is 0.821. The van der Waals surface area contributed by atoms with Gasteiger partial charge in [-0.25, -0.2) is 9.59 Å². The second-order valence-electron chi connectivity index (χ2n) is 1.91. The maximum absolute atomic E-state index is 10.8. The molecule has 5 nitrogen and oxygen atoms in total. The lowest BCUT2D eigenvalue weighted by atomic mass is 10.4. The van der Waals surface area contributed by atoms with Crippen LogP contribution in [0.15, 0.2) is 10.9 Å². The maximum Gasteiger partial charge on any atom is 0.356 e. The molecule has 0 bridgehead atoms. The summed E-state index contributed by atoms with van der Waals surface area (Å²) in [7, 11) is 1.19. The molecule has 64 valence electrons. The van der Waals surface area contributed by atoms with Gasteiger partial charge in [0, 0.05) is 6.07 Å². The summed E-state index contributed by atoms with van der Waals surface area (Å²) in [6.07, 6.45) is 0. The molecule has 0 unspecified atom stereocenters. The van der Waals surface area contributed by atoms with E-state index in [-0.39, 0.29) is 10.8 Å². The van der Waals surface area contributed by atoms with Crippen molar-refractivity contribution in [2.75, 3.05) is 7.11 Å². The Hall–Kier alpha value is -1.36. The van der Waals surface area contributed by atoms with Crippen LogP contribution in [-0.4, -0.2) is 23.0 Å². The topological polar surface area (TPSA) is 72.1 Å². The number of carbonyl (C=O) groups is 1. The first kappa shape index (κ1) is 8.73. The fourth-order valence-electron chi connectivity index (χ4n) is 0.637. The van der Waals surface area contributed by atoms with Crippen molar-refractivity contribution in [1.29, 1.82) is 0 Å². The highest BCUT2D eigenvalue weighted by Crippen LogP contribution is 2.02. The third kappa shape index (κ3) is 1.82. The van der Waals surface area contributed by atoms with Gasteiger partial charge in [0.2, 0.25) is 0 Å². The van der Waals surface area contributed by atoms with Gasteiger partial charge in [0.05, 0.1) is 7.11 Å². The summed E-state index contributed by atoms with van der Waals surface area (Å²) >= 11 is 5.45. The van der Waals surface area contributed by atoms with E-state index in [2.05, 4.69) is 14.7 Å². The molecule has 0 aromatic carbocycles. The van der Waals surface area contributed by atoms with Crippen LogP contribution in [0.2, 0.25) is 5.15 Å². The normalized spacial score (nSPS) is 9.50. The molecular weight excluding hydrogens is 184 g/mol. The zero-order valence-corrected chi connectivity index (χ0v) is 6.88. The highest BCUT2D eigenvalue weighted by molar-refractivity contribution is 6.29. The molecule has 0 atom stereocenters. The SMILES string of the molecule is COC(=O)c1cc(Cl)[nH]c(=O)n1. The molecule has 1 rings (SSSR count). The Morgan fingerprint density at radius 2 is 2.42 bits per heavy atom. The van der Waals surface area contributed by atoms with E-state index in [1.807, 2.05) is 0 Å². The Morgan fingerprint density at radius 3 is 2.92 bits per heavy atom. The van der Waals surface area contributed by atoms with Crippen LogP contribution in [-0.2, 0) is 4.74 Å². The zero-order valence-electron chi connectivity index (χ0n) is 6.13. The molecule has 0 spiro atoms. The first-order chi connectivity index (χ1) is 5.63. The Balaban J connectivity index is 3.17. The second kappa shape index (κ2) is 3.36. The standard InChI is InChI=1S/C6H5ClN2O3/c1-12-5(10)3-2-4(7)9-6(11)8-3/h2H,1H3,(H,8,9,11). The molecule has 0 aliphatic rings. The summed E-state index contributed by atoms with van der Waals surface area (Å²) in [6, 6.07) is 1.22. The number of methoxy groups -OCH3 is 1. The van der Waals surface area contributed by atoms with E-state index in [0.29, 0.717) is 0 Å². The number of rotatable bonds is 1. The number of nitrogens with one attached hydrogen (secondary N) is 1. The van der Waals surface area contributed by atoms with Crippen molar-refractivity contribution in [3.05, 3.63) is 27.4 Å². The van der Waals surface area contributed by atoms with E-state index in [1.54, 1.807) is 0 Å². The summed E-state index contributed by atoms with van der Waals surface area (Å²) in [6.45, 7) is 0. The van der Waals surface area contributed by atoms with Crippen LogP contribution in [0.3, 0.4) is 0 Å². The van der Waals surface area contributed by atoms with E-state index < -0.39 is 11.7 Å². The fraction of sp³-hybridized carbons (Fsp3) is 0.167. The minimum atomic E-state index is -0.692.